The Labute approximate surface area is 103 Å². The van der Waals surface area contributed by atoms with E-state index in [9.17, 15) is 9.59 Å². The zero-order chi connectivity index (χ0) is 13.1. The fraction of sp³-hybridized carbons (Fsp3) is 0.846. The minimum Gasteiger partial charge on any atom is -0.469 e. The van der Waals surface area contributed by atoms with Crippen LogP contribution in [0.1, 0.15) is 39.5 Å². The topological polar surface area (TPSA) is 52.6 Å². The largest absolute Gasteiger partial charge is 0.469 e. The Hall–Kier alpha value is -1.06. The Bertz CT molecular complexity index is 298. The molecule has 0 unspecified atom stereocenters. The molecule has 0 heterocycles. The van der Waals surface area contributed by atoms with Gasteiger partial charge in [-0.2, -0.15) is 0 Å². The van der Waals surface area contributed by atoms with Gasteiger partial charge in [-0.1, -0.05) is 20.3 Å². The highest BCUT2D eigenvalue weighted by molar-refractivity contribution is 5.79. The van der Waals surface area contributed by atoms with E-state index in [1.807, 2.05) is 13.8 Å². The van der Waals surface area contributed by atoms with Gasteiger partial charge in [0.05, 0.1) is 25.6 Å². The van der Waals surface area contributed by atoms with Crippen LogP contribution in [-0.2, 0) is 19.1 Å². The van der Waals surface area contributed by atoms with Crippen molar-refractivity contribution in [3.63, 3.8) is 0 Å². The van der Waals surface area contributed by atoms with Crippen molar-refractivity contribution in [1.82, 2.24) is 0 Å². The smallest absolute Gasteiger partial charge is 0.312 e. The van der Waals surface area contributed by atoms with Gasteiger partial charge in [0.25, 0.3) is 0 Å². The van der Waals surface area contributed by atoms with Crippen LogP contribution in [0.25, 0.3) is 0 Å². The lowest BCUT2D eigenvalue weighted by Crippen LogP contribution is -2.43. The molecule has 1 aliphatic carbocycles. The molecule has 1 saturated carbocycles. The van der Waals surface area contributed by atoms with Crippen LogP contribution in [0.5, 0.6) is 0 Å². The van der Waals surface area contributed by atoms with Gasteiger partial charge in [-0.25, -0.2) is 0 Å². The van der Waals surface area contributed by atoms with E-state index in [2.05, 4.69) is 0 Å². The molecular weight excluding hydrogens is 220 g/mol. The maximum absolute atomic E-state index is 12.0. The molecule has 0 bridgehead atoms. The van der Waals surface area contributed by atoms with Gasteiger partial charge in [0.15, 0.2) is 0 Å². The summed E-state index contributed by atoms with van der Waals surface area (Å²) in [6, 6.07) is 0. The predicted octanol–water partition coefficient (Wildman–Crippen LogP) is 2.17. The van der Waals surface area contributed by atoms with Crippen LogP contribution in [0.3, 0.4) is 0 Å². The SMILES string of the molecule is COC(=O)[C@@H]1CCC[C@@](C(=O)OC)(C(C)C)C1. The van der Waals surface area contributed by atoms with Gasteiger partial charge in [0, 0.05) is 0 Å². The summed E-state index contributed by atoms with van der Waals surface area (Å²) in [5.41, 5.74) is -0.522. The molecule has 0 aromatic heterocycles. The highest BCUT2D eigenvalue weighted by Crippen LogP contribution is 2.46. The molecule has 1 fully saturated rings. The Morgan fingerprint density at radius 3 is 2.35 bits per heavy atom. The second-order valence-electron chi connectivity index (χ2n) is 5.12. The van der Waals surface area contributed by atoms with E-state index in [1.54, 1.807) is 0 Å². The number of esters is 2. The van der Waals surface area contributed by atoms with E-state index in [1.165, 1.54) is 14.2 Å². The minimum atomic E-state index is -0.522. The minimum absolute atomic E-state index is 0.169. The van der Waals surface area contributed by atoms with Gasteiger partial charge in [0.1, 0.15) is 0 Å². The Morgan fingerprint density at radius 2 is 1.88 bits per heavy atom. The van der Waals surface area contributed by atoms with Crippen LogP contribution < -0.4 is 0 Å². The quantitative estimate of drug-likeness (QED) is 0.712. The molecule has 2 atom stereocenters. The molecule has 17 heavy (non-hydrogen) atoms. The molecule has 98 valence electrons. The van der Waals surface area contributed by atoms with Gasteiger partial charge in [0.2, 0.25) is 0 Å². The van der Waals surface area contributed by atoms with Crippen LogP contribution in [-0.4, -0.2) is 26.2 Å². The first-order valence-corrected chi connectivity index (χ1v) is 6.14. The van der Waals surface area contributed by atoms with E-state index >= 15 is 0 Å². The van der Waals surface area contributed by atoms with Crippen LogP contribution in [0.2, 0.25) is 0 Å². The monoisotopic (exact) mass is 242 g/mol. The summed E-state index contributed by atoms with van der Waals surface area (Å²) >= 11 is 0. The van der Waals surface area contributed by atoms with E-state index in [-0.39, 0.29) is 23.8 Å². The number of carbonyl (C=O) groups excluding carboxylic acids is 2. The van der Waals surface area contributed by atoms with Gasteiger partial charge >= 0.3 is 11.9 Å². The Morgan fingerprint density at radius 1 is 1.24 bits per heavy atom. The zero-order valence-electron chi connectivity index (χ0n) is 11.1. The third-order valence-electron chi connectivity index (χ3n) is 4.02. The fourth-order valence-electron chi connectivity index (χ4n) is 2.82. The highest BCUT2D eigenvalue weighted by Gasteiger charge is 2.47. The number of hydrogen-bond acceptors (Lipinski definition) is 4. The fourth-order valence-corrected chi connectivity index (χ4v) is 2.82. The lowest BCUT2D eigenvalue weighted by atomic mass is 9.63. The van der Waals surface area contributed by atoms with E-state index < -0.39 is 5.41 Å². The number of methoxy groups -OCH3 is 2. The number of hydrogen-bond donors (Lipinski definition) is 0. The van der Waals surface area contributed by atoms with Gasteiger partial charge in [-0.15, -0.1) is 0 Å². The van der Waals surface area contributed by atoms with Crippen LogP contribution in [0, 0.1) is 17.3 Å². The summed E-state index contributed by atoms with van der Waals surface area (Å²) in [6.45, 7) is 4.02. The second-order valence-corrected chi connectivity index (χ2v) is 5.12. The lowest BCUT2D eigenvalue weighted by Gasteiger charge is -2.40. The van der Waals surface area contributed by atoms with Crippen molar-refractivity contribution in [2.45, 2.75) is 39.5 Å². The molecule has 1 aliphatic rings. The second kappa shape index (κ2) is 5.52. The maximum atomic E-state index is 12.0. The van der Waals surface area contributed by atoms with Crippen LogP contribution in [0.4, 0.5) is 0 Å². The van der Waals surface area contributed by atoms with Gasteiger partial charge in [-0.3, -0.25) is 9.59 Å². The Kier molecular flexibility index (Phi) is 4.54. The van der Waals surface area contributed by atoms with Gasteiger partial charge in [-0.05, 0) is 25.2 Å². The molecule has 0 aromatic carbocycles. The molecule has 0 amide bonds. The maximum Gasteiger partial charge on any atom is 0.312 e. The highest BCUT2D eigenvalue weighted by atomic mass is 16.5. The summed E-state index contributed by atoms with van der Waals surface area (Å²) in [5, 5.41) is 0. The van der Waals surface area contributed by atoms with Crippen LogP contribution >= 0.6 is 0 Å². The van der Waals surface area contributed by atoms with Crippen molar-refractivity contribution < 1.29 is 19.1 Å². The summed E-state index contributed by atoms with van der Waals surface area (Å²) < 4.78 is 9.71. The molecule has 0 saturated heterocycles. The zero-order valence-corrected chi connectivity index (χ0v) is 11.1. The van der Waals surface area contributed by atoms with Gasteiger partial charge < -0.3 is 9.47 Å². The Balaban J connectivity index is 2.91. The predicted molar refractivity (Wildman–Crippen MR) is 63.3 cm³/mol. The molecule has 1 rings (SSSR count). The average Bonchev–Trinajstić information content (AvgIpc) is 2.36. The molecular formula is C13H22O4. The average molecular weight is 242 g/mol. The van der Waals surface area contributed by atoms with Crippen molar-refractivity contribution in [3.8, 4) is 0 Å². The summed E-state index contributed by atoms with van der Waals surface area (Å²) in [4.78, 5) is 23.6. The van der Waals surface area contributed by atoms with E-state index in [0.717, 1.165) is 19.3 Å². The first-order chi connectivity index (χ1) is 7.97. The number of ether oxygens (including phenoxy) is 2. The molecule has 0 radical (unpaired) electrons. The number of carbonyl (C=O) groups is 2. The van der Waals surface area contributed by atoms with Crippen molar-refractivity contribution in [2.75, 3.05) is 14.2 Å². The molecule has 0 aliphatic heterocycles. The first kappa shape index (κ1) is 14.0. The van der Waals surface area contributed by atoms with E-state index in [4.69, 9.17) is 9.47 Å². The molecule has 0 aromatic rings. The third-order valence-corrected chi connectivity index (χ3v) is 4.02. The lowest BCUT2D eigenvalue weighted by molar-refractivity contribution is -0.163. The number of rotatable bonds is 3. The molecule has 0 N–H and O–H groups in total. The molecule has 0 spiro atoms. The first-order valence-electron chi connectivity index (χ1n) is 6.14. The van der Waals surface area contributed by atoms with Crippen molar-refractivity contribution in [1.29, 1.82) is 0 Å². The normalized spacial score (nSPS) is 28.9. The van der Waals surface area contributed by atoms with Crippen molar-refractivity contribution in [3.05, 3.63) is 0 Å². The third kappa shape index (κ3) is 2.61. The van der Waals surface area contributed by atoms with E-state index in [0.29, 0.717) is 6.42 Å². The van der Waals surface area contributed by atoms with Crippen molar-refractivity contribution in [2.24, 2.45) is 17.3 Å². The summed E-state index contributed by atoms with van der Waals surface area (Å²) in [6.07, 6.45) is 3.01. The standard InChI is InChI=1S/C13H22O4/c1-9(2)13(12(15)17-4)7-5-6-10(8-13)11(14)16-3/h9-10H,5-8H2,1-4H3/t10-,13+/m1/s1. The summed E-state index contributed by atoms with van der Waals surface area (Å²) in [7, 11) is 2.81. The molecule has 4 nitrogen and oxygen atoms in total. The van der Waals surface area contributed by atoms with Crippen LogP contribution in [0.15, 0.2) is 0 Å². The summed E-state index contributed by atoms with van der Waals surface area (Å²) in [5.74, 6) is -0.405. The molecule has 4 heteroatoms. The van der Waals surface area contributed by atoms with Crippen molar-refractivity contribution >= 4 is 11.9 Å².